The summed E-state index contributed by atoms with van der Waals surface area (Å²) in [6.45, 7) is 4.63. The van der Waals surface area contributed by atoms with E-state index in [1.165, 1.54) is 6.92 Å². The number of anilines is 1. The van der Waals surface area contributed by atoms with E-state index >= 15 is 0 Å². The topological polar surface area (TPSA) is 52.7 Å². The molecule has 0 spiro atoms. The van der Waals surface area contributed by atoms with E-state index in [0.29, 0.717) is 11.3 Å². The second kappa shape index (κ2) is 7.00. The van der Waals surface area contributed by atoms with E-state index in [4.69, 9.17) is 0 Å². The van der Waals surface area contributed by atoms with Gasteiger partial charge in [0, 0.05) is 18.2 Å². The average Bonchev–Trinajstić information content (AvgIpc) is 2.74. The number of amides is 1. The van der Waals surface area contributed by atoms with Gasteiger partial charge in [-0.3, -0.25) is 9.59 Å². The summed E-state index contributed by atoms with van der Waals surface area (Å²) in [6.07, 6.45) is 3.61. The van der Waals surface area contributed by atoms with Gasteiger partial charge in [-0.25, -0.2) is 0 Å². The Hall–Kier alpha value is -1.95. The van der Waals surface area contributed by atoms with Crippen LogP contribution in [0.3, 0.4) is 0 Å². The summed E-state index contributed by atoms with van der Waals surface area (Å²) < 4.78 is 0. The highest BCUT2D eigenvalue weighted by molar-refractivity contribution is 5.99. The van der Waals surface area contributed by atoms with Crippen molar-refractivity contribution in [3.8, 4) is 0 Å². The van der Waals surface area contributed by atoms with E-state index in [1.807, 2.05) is 13.2 Å². The van der Waals surface area contributed by atoms with Crippen LogP contribution in [-0.2, 0) is 4.79 Å². The lowest BCUT2D eigenvalue weighted by molar-refractivity contribution is -0.114. The van der Waals surface area contributed by atoms with Gasteiger partial charge in [0.2, 0.25) is 5.91 Å². The zero-order valence-electron chi connectivity index (χ0n) is 11.3. The summed E-state index contributed by atoms with van der Waals surface area (Å²) in [6, 6.07) is 6.90. The fourth-order valence-corrected chi connectivity index (χ4v) is 1.76. The van der Waals surface area contributed by atoms with Crippen molar-refractivity contribution < 1.29 is 26.6 Å². The number of benzene rings is 1. The van der Waals surface area contributed by atoms with Crippen molar-refractivity contribution >= 4 is 17.4 Å². The maximum Gasteiger partial charge on any atom is 0.564 e. The molecule has 1 radical (unpaired) electrons. The Kier molecular flexibility index (Phi) is 5.64. The maximum absolute atomic E-state index is 12.1. The molecular formula is C14H15BrN3O2. The summed E-state index contributed by atoms with van der Waals surface area (Å²) in [5.74, 6) is -0.185. The molecule has 0 bridgehead atoms. The summed E-state index contributed by atoms with van der Waals surface area (Å²) in [5, 5.41) is 2.66. The molecule has 1 aromatic carbocycles. The minimum Gasteiger partial charge on any atom is -1.00 e. The van der Waals surface area contributed by atoms with Crippen molar-refractivity contribution in [2.45, 2.75) is 6.92 Å². The number of halogens is 1. The van der Waals surface area contributed by atoms with E-state index in [1.54, 1.807) is 40.3 Å². The molecule has 2 rings (SSSR count). The Morgan fingerprint density at radius 1 is 1.30 bits per heavy atom. The zero-order valence-corrected chi connectivity index (χ0v) is 12.8. The van der Waals surface area contributed by atoms with E-state index < -0.39 is 0 Å². The molecule has 20 heavy (non-hydrogen) atoms. The molecule has 0 atom stereocenters. The first-order chi connectivity index (χ1) is 9.04. The predicted molar refractivity (Wildman–Crippen MR) is 71.9 cm³/mol. The molecule has 6 heteroatoms. The Labute approximate surface area is 129 Å². The molecule has 1 heterocycles. The number of hydrogen-bond donors (Lipinski definition) is 1. The van der Waals surface area contributed by atoms with Crippen LogP contribution >= 0.6 is 0 Å². The Bertz CT molecular complexity index is 531. The third-order valence-corrected chi connectivity index (χ3v) is 2.58. The molecular weight excluding hydrogens is 322 g/mol. The molecule has 0 saturated carbocycles. The first kappa shape index (κ1) is 16.1. The number of nitrogens with zero attached hydrogens (tertiary/aromatic N) is 2. The number of ketones is 1. The van der Waals surface area contributed by atoms with Gasteiger partial charge >= 0.3 is 6.67 Å². The number of nitrogens with one attached hydrogen (secondary N) is 1. The lowest BCUT2D eigenvalue weighted by Gasteiger charge is -2.06. The highest BCUT2D eigenvalue weighted by Crippen LogP contribution is 2.14. The van der Waals surface area contributed by atoms with E-state index in [0.717, 1.165) is 0 Å². The average molecular weight is 337 g/mol. The van der Waals surface area contributed by atoms with E-state index in [2.05, 4.69) is 12.0 Å². The molecule has 0 aromatic heterocycles. The minimum atomic E-state index is -0.157. The first-order valence-corrected chi connectivity index (χ1v) is 5.89. The van der Waals surface area contributed by atoms with Gasteiger partial charge in [-0.1, -0.05) is 12.1 Å². The van der Waals surface area contributed by atoms with Gasteiger partial charge < -0.3 is 22.3 Å². The van der Waals surface area contributed by atoms with Gasteiger partial charge in [-0.2, -0.15) is 0 Å². The maximum atomic E-state index is 12.1. The van der Waals surface area contributed by atoms with Crippen LogP contribution in [0, 0.1) is 6.67 Å². The molecule has 5 nitrogen and oxygen atoms in total. The van der Waals surface area contributed by atoms with E-state index in [-0.39, 0.29) is 35.2 Å². The Balaban J connectivity index is 0.00000200. The van der Waals surface area contributed by atoms with Crippen molar-refractivity contribution in [2.24, 2.45) is 0 Å². The van der Waals surface area contributed by atoms with Crippen molar-refractivity contribution in [1.29, 1.82) is 0 Å². The summed E-state index contributed by atoms with van der Waals surface area (Å²) >= 11 is 0. The Morgan fingerprint density at radius 2 is 2.05 bits per heavy atom. The van der Waals surface area contributed by atoms with Crippen LogP contribution in [0.4, 0.5) is 5.69 Å². The molecule has 0 saturated heterocycles. The van der Waals surface area contributed by atoms with Gasteiger partial charge in [0.25, 0.3) is 0 Å². The summed E-state index contributed by atoms with van der Waals surface area (Å²) in [4.78, 5) is 26.5. The van der Waals surface area contributed by atoms with Crippen LogP contribution in [0.1, 0.15) is 17.3 Å². The largest absolute Gasteiger partial charge is 1.00 e. The molecule has 1 aliphatic rings. The lowest BCUT2D eigenvalue weighted by Crippen LogP contribution is -3.00. The molecule has 1 aliphatic heterocycles. The molecule has 1 N–H and O–H groups in total. The van der Waals surface area contributed by atoms with Gasteiger partial charge in [0.1, 0.15) is 6.54 Å². The van der Waals surface area contributed by atoms with Crippen molar-refractivity contribution in [3.63, 3.8) is 0 Å². The second-order valence-electron chi connectivity index (χ2n) is 4.32. The molecule has 0 fully saturated rings. The molecule has 1 aromatic rings. The van der Waals surface area contributed by atoms with Gasteiger partial charge in [0.05, 0.1) is 19.4 Å². The summed E-state index contributed by atoms with van der Waals surface area (Å²) in [7, 11) is 1.85. The van der Waals surface area contributed by atoms with Crippen LogP contribution < -0.4 is 22.3 Å². The zero-order chi connectivity index (χ0) is 13.8. The standard InChI is InChI=1S/C14H15N3O2.BrH/c1-11(18)15-13-5-3-4-12(8-13)14(19)9-17-7-6-16(2)10-17;/h3-8H,9H2,1-2H3,(H,15,18);1H/q+1;/p-1. The van der Waals surface area contributed by atoms with Crippen LogP contribution in [0.2, 0.25) is 0 Å². The summed E-state index contributed by atoms with van der Waals surface area (Å²) in [5.41, 5.74) is 1.19. The van der Waals surface area contributed by atoms with Crippen LogP contribution in [0.15, 0.2) is 36.7 Å². The number of hydrogen-bond acceptors (Lipinski definition) is 4. The number of rotatable bonds is 4. The SMILES string of the molecule is CC(=O)Nc1cccc(C(=O)CN2[C+]N(C)C=C2)c1.[Br-]. The third kappa shape index (κ3) is 4.31. The second-order valence-corrected chi connectivity index (χ2v) is 4.32. The van der Waals surface area contributed by atoms with Gasteiger partial charge in [-0.15, -0.1) is 9.80 Å². The monoisotopic (exact) mass is 336 g/mol. The van der Waals surface area contributed by atoms with Crippen molar-refractivity contribution in [3.05, 3.63) is 48.9 Å². The third-order valence-electron chi connectivity index (χ3n) is 2.58. The molecule has 105 valence electrons. The first-order valence-electron chi connectivity index (χ1n) is 5.89. The molecule has 0 unspecified atom stereocenters. The fraction of sp³-hybridized carbons (Fsp3) is 0.214. The quantitative estimate of drug-likeness (QED) is 0.540. The highest BCUT2D eigenvalue weighted by atomic mass is 79.9. The number of carbonyl (C=O) groups is 2. The van der Waals surface area contributed by atoms with Gasteiger partial charge in [0.15, 0.2) is 5.78 Å². The molecule has 0 aliphatic carbocycles. The van der Waals surface area contributed by atoms with Crippen molar-refractivity contribution in [1.82, 2.24) is 9.80 Å². The lowest BCUT2D eigenvalue weighted by atomic mass is 10.1. The fourth-order valence-electron chi connectivity index (χ4n) is 1.76. The highest BCUT2D eigenvalue weighted by Gasteiger charge is 2.29. The Morgan fingerprint density at radius 3 is 2.65 bits per heavy atom. The van der Waals surface area contributed by atoms with Crippen LogP contribution in [-0.4, -0.2) is 35.1 Å². The number of carbonyl (C=O) groups excluding carboxylic acids is 2. The van der Waals surface area contributed by atoms with E-state index in [9.17, 15) is 9.59 Å². The molecule has 1 amide bonds. The van der Waals surface area contributed by atoms with Crippen molar-refractivity contribution in [2.75, 3.05) is 18.9 Å². The normalized spacial score (nSPS) is 12.7. The van der Waals surface area contributed by atoms with Crippen LogP contribution in [0.5, 0.6) is 0 Å². The number of Topliss-reactive ketones (excluding diaryl/α,β-unsaturated/α-hetero) is 1. The smallest absolute Gasteiger partial charge is 0.564 e. The predicted octanol–water partition coefficient (Wildman–Crippen LogP) is -1.45. The van der Waals surface area contributed by atoms with Gasteiger partial charge in [-0.05, 0) is 12.1 Å². The van der Waals surface area contributed by atoms with Crippen LogP contribution in [0.25, 0.3) is 0 Å². The minimum absolute atomic E-state index is 0.